The van der Waals surface area contributed by atoms with Gasteiger partial charge in [-0.1, -0.05) is 15.9 Å². The van der Waals surface area contributed by atoms with Crippen LogP contribution < -0.4 is 4.90 Å². The smallest absolute Gasteiger partial charge is 0.427 e. The molecular formula is C19H24BrN3O6. The number of imide groups is 1. The predicted molar refractivity (Wildman–Crippen MR) is 110 cm³/mol. The number of nitrogens with zero attached hydrogens (tertiary/aromatic N) is 3. The largest absolute Gasteiger partial charge is 0.452 e. The Kier molecular flexibility index (Phi) is 6.27. The fourth-order valence-electron chi connectivity index (χ4n) is 2.31. The predicted octanol–water partition coefficient (Wildman–Crippen LogP) is 5.09. The normalized spacial score (nSPS) is 11.9. The van der Waals surface area contributed by atoms with E-state index < -0.39 is 29.5 Å². The third kappa shape index (κ3) is 5.47. The van der Waals surface area contributed by atoms with Gasteiger partial charge in [0.15, 0.2) is 0 Å². The molecule has 0 bridgehead atoms. The van der Waals surface area contributed by atoms with Gasteiger partial charge in [0.1, 0.15) is 11.2 Å². The van der Waals surface area contributed by atoms with Crippen molar-refractivity contribution in [1.82, 2.24) is 9.55 Å². The highest BCUT2D eigenvalue weighted by molar-refractivity contribution is 9.10. The molecule has 10 heteroatoms. The van der Waals surface area contributed by atoms with Crippen molar-refractivity contribution in [2.75, 3.05) is 12.0 Å². The zero-order valence-electron chi connectivity index (χ0n) is 17.4. The number of amides is 2. The Bertz CT molecular complexity index is 955. The molecule has 0 N–H and O–H groups in total. The minimum absolute atomic E-state index is 0.298. The molecule has 1 aromatic heterocycles. The van der Waals surface area contributed by atoms with Gasteiger partial charge in [0.25, 0.3) is 0 Å². The Balaban J connectivity index is 2.72. The van der Waals surface area contributed by atoms with Gasteiger partial charge in [0, 0.05) is 4.47 Å². The van der Waals surface area contributed by atoms with Crippen molar-refractivity contribution in [2.45, 2.75) is 52.7 Å². The number of rotatable bonds is 1. The first-order chi connectivity index (χ1) is 13.2. The van der Waals surface area contributed by atoms with Crippen LogP contribution in [0.15, 0.2) is 22.7 Å². The second-order valence-corrected chi connectivity index (χ2v) is 9.06. The van der Waals surface area contributed by atoms with E-state index >= 15 is 0 Å². The topological polar surface area (TPSA) is 100.0 Å². The van der Waals surface area contributed by atoms with Crippen molar-refractivity contribution >= 4 is 51.2 Å². The molecule has 0 fully saturated rings. The monoisotopic (exact) mass is 469 g/mol. The molecule has 0 saturated heterocycles. The Morgan fingerprint density at radius 3 is 2.10 bits per heavy atom. The molecule has 2 aromatic rings. The maximum atomic E-state index is 12.9. The molecular weight excluding hydrogens is 446 g/mol. The average Bonchev–Trinajstić information content (AvgIpc) is 2.89. The summed E-state index contributed by atoms with van der Waals surface area (Å²) < 4.78 is 17.2. The lowest BCUT2D eigenvalue weighted by atomic mass is 10.2. The number of methoxy groups -OCH3 is 1. The van der Waals surface area contributed by atoms with Gasteiger partial charge in [-0.05, 0) is 59.7 Å². The second kappa shape index (κ2) is 8.02. The van der Waals surface area contributed by atoms with E-state index in [0.717, 1.165) is 11.7 Å². The maximum Gasteiger partial charge on any atom is 0.427 e. The zero-order chi connectivity index (χ0) is 22.1. The standard InChI is InChI=1S/C19H24BrN3O6/c1-18(2,3)28-16(25)22-13-10-11(20)8-9-12(13)21-14(22)23(15(24)27-7)17(26)29-19(4,5)6/h8-10H,1-7H3. The first-order valence-electron chi connectivity index (χ1n) is 8.76. The van der Waals surface area contributed by atoms with Crippen LogP contribution in [0.2, 0.25) is 0 Å². The fraction of sp³-hybridized carbons (Fsp3) is 0.474. The number of carbonyl (C=O) groups is 3. The molecule has 9 nitrogen and oxygen atoms in total. The van der Waals surface area contributed by atoms with E-state index in [1.54, 1.807) is 59.7 Å². The quantitative estimate of drug-likeness (QED) is 0.536. The number of halogens is 1. The lowest BCUT2D eigenvalue weighted by molar-refractivity contribution is 0.0538. The Morgan fingerprint density at radius 1 is 1.00 bits per heavy atom. The summed E-state index contributed by atoms with van der Waals surface area (Å²) >= 11 is 3.34. The van der Waals surface area contributed by atoms with E-state index in [9.17, 15) is 14.4 Å². The molecule has 0 saturated carbocycles. The van der Waals surface area contributed by atoms with Gasteiger partial charge < -0.3 is 14.2 Å². The highest BCUT2D eigenvalue weighted by Gasteiger charge is 2.36. The molecule has 0 atom stereocenters. The summed E-state index contributed by atoms with van der Waals surface area (Å²) in [5.74, 6) is -0.298. The number of benzene rings is 1. The summed E-state index contributed by atoms with van der Waals surface area (Å²) in [6.45, 7) is 10.0. The van der Waals surface area contributed by atoms with Crippen LogP contribution in [0, 0.1) is 0 Å². The van der Waals surface area contributed by atoms with Crippen molar-refractivity contribution in [3.05, 3.63) is 22.7 Å². The van der Waals surface area contributed by atoms with Gasteiger partial charge in [-0.3, -0.25) is 0 Å². The summed E-state index contributed by atoms with van der Waals surface area (Å²) in [4.78, 5) is 43.0. The molecule has 0 spiro atoms. The zero-order valence-corrected chi connectivity index (χ0v) is 19.0. The number of fused-ring (bicyclic) bond motifs is 1. The fourth-order valence-corrected chi connectivity index (χ4v) is 2.66. The minimum Gasteiger partial charge on any atom is -0.452 e. The lowest BCUT2D eigenvalue weighted by Crippen LogP contribution is -2.43. The van der Waals surface area contributed by atoms with Crippen LogP contribution in [0.25, 0.3) is 11.0 Å². The van der Waals surface area contributed by atoms with Crippen LogP contribution in [0.1, 0.15) is 41.5 Å². The van der Waals surface area contributed by atoms with Crippen LogP contribution >= 0.6 is 15.9 Å². The van der Waals surface area contributed by atoms with E-state index in [0.29, 0.717) is 20.4 Å². The van der Waals surface area contributed by atoms with E-state index in [1.165, 1.54) is 0 Å². The van der Waals surface area contributed by atoms with Gasteiger partial charge in [-0.2, -0.15) is 0 Å². The van der Waals surface area contributed by atoms with Gasteiger partial charge in [0.2, 0.25) is 5.95 Å². The Morgan fingerprint density at radius 2 is 1.59 bits per heavy atom. The van der Waals surface area contributed by atoms with Crippen LogP contribution in [-0.4, -0.2) is 46.1 Å². The third-order valence-corrected chi connectivity index (χ3v) is 3.80. The van der Waals surface area contributed by atoms with Crippen molar-refractivity contribution in [3.8, 4) is 0 Å². The summed E-state index contributed by atoms with van der Waals surface area (Å²) in [6.07, 6.45) is -2.91. The highest BCUT2D eigenvalue weighted by atomic mass is 79.9. The molecule has 2 rings (SSSR count). The van der Waals surface area contributed by atoms with Gasteiger partial charge in [-0.15, -0.1) is 4.90 Å². The molecule has 0 radical (unpaired) electrons. The molecule has 0 aliphatic rings. The average molecular weight is 470 g/mol. The number of hydrogen-bond donors (Lipinski definition) is 0. The van der Waals surface area contributed by atoms with Crippen LogP contribution in [0.3, 0.4) is 0 Å². The molecule has 2 amide bonds. The van der Waals surface area contributed by atoms with E-state index in [2.05, 4.69) is 20.9 Å². The van der Waals surface area contributed by atoms with Crippen molar-refractivity contribution in [2.24, 2.45) is 0 Å². The summed E-state index contributed by atoms with van der Waals surface area (Å²) in [5, 5.41) is 0. The van der Waals surface area contributed by atoms with Gasteiger partial charge in [-0.25, -0.2) is 23.9 Å². The van der Waals surface area contributed by atoms with Crippen LogP contribution in [0.4, 0.5) is 20.3 Å². The van der Waals surface area contributed by atoms with Gasteiger partial charge in [0.05, 0.1) is 18.1 Å². The van der Waals surface area contributed by atoms with Crippen molar-refractivity contribution in [3.63, 3.8) is 0 Å². The number of aromatic nitrogens is 2. The molecule has 29 heavy (non-hydrogen) atoms. The van der Waals surface area contributed by atoms with Crippen molar-refractivity contribution in [1.29, 1.82) is 0 Å². The summed E-state index contributed by atoms with van der Waals surface area (Å²) in [7, 11) is 1.11. The maximum absolute atomic E-state index is 12.9. The first-order valence-corrected chi connectivity index (χ1v) is 9.55. The molecule has 158 valence electrons. The number of imidazole rings is 1. The third-order valence-electron chi connectivity index (χ3n) is 3.31. The molecule has 1 heterocycles. The number of hydrogen-bond acceptors (Lipinski definition) is 7. The van der Waals surface area contributed by atoms with Crippen molar-refractivity contribution < 1.29 is 28.6 Å². The Hall–Kier alpha value is -2.62. The lowest BCUT2D eigenvalue weighted by Gasteiger charge is -2.25. The van der Waals surface area contributed by atoms with E-state index in [1.807, 2.05) is 0 Å². The minimum atomic E-state index is -1.06. The molecule has 0 aliphatic carbocycles. The first kappa shape index (κ1) is 22.7. The van der Waals surface area contributed by atoms with Crippen LogP contribution in [-0.2, 0) is 14.2 Å². The number of ether oxygens (including phenoxy) is 3. The van der Waals surface area contributed by atoms with Gasteiger partial charge >= 0.3 is 18.3 Å². The number of carbonyl (C=O) groups excluding carboxylic acids is 3. The van der Waals surface area contributed by atoms with E-state index in [4.69, 9.17) is 14.2 Å². The summed E-state index contributed by atoms with van der Waals surface area (Å²) in [5.41, 5.74) is -1.01. The summed E-state index contributed by atoms with van der Waals surface area (Å²) in [6, 6.07) is 4.98. The van der Waals surface area contributed by atoms with Crippen LogP contribution in [0.5, 0.6) is 0 Å². The second-order valence-electron chi connectivity index (χ2n) is 8.15. The highest BCUT2D eigenvalue weighted by Crippen LogP contribution is 2.28. The number of anilines is 1. The molecule has 1 aromatic carbocycles. The van der Waals surface area contributed by atoms with E-state index in [-0.39, 0.29) is 5.95 Å². The Labute approximate surface area is 177 Å². The molecule has 0 unspecified atom stereocenters. The molecule has 0 aliphatic heterocycles. The SMILES string of the molecule is COC(=O)N(C(=O)OC(C)(C)C)c1nc2ccc(Br)cc2n1C(=O)OC(C)(C)C.